The summed E-state index contributed by atoms with van der Waals surface area (Å²) in [7, 11) is 1.00. The van der Waals surface area contributed by atoms with E-state index in [0.717, 1.165) is 7.11 Å². The molecule has 0 bridgehead atoms. The van der Waals surface area contributed by atoms with Crippen LogP contribution in [0.25, 0.3) is 0 Å². The Morgan fingerprint density at radius 3 is 1.80 bits per heavy atom. The van der Waals surface area contributed by atoms with Gasteiger partial charge in [-0.15, -0.1) is 0 Å². The number of aliphatic hydroxyl groups is 1. The molecule has 1 aromatic carbocycles. The Labute approximate surface area is 239 Å². The van der Waals surface area contributed by atoms with Crippen LogP contribution >= 0.6 is 0 Å². The van der Waals surface area contributed by atoms with Gasteiger partial charge in [-0.3, -0.25) is 24.0 Å². The number of aldehydes is 2. The Morgan fingerprint density at radius 1 is 0.756 bits per heavy atom. The fourth-order valence-electron chi connectivity index (χ4n) is 3.46. The average Bonchev–Trinajstić information content (AvgIpc) is 2.92. The molecule has 0 fully saturated rings. The lowest BCUT2D eigenvalue weighted by molar-refractivity contribution is -0.135. The van der Waals surface area contributed by atoms with Crippen LogP contribution in [0.4, 0.5) is 0 Å². The molecule has 0 aliphatic carbocycles. The van der Waals surface area contributed by atoms with Crippen molar-refractivity contribution in [3.8, 4) is 5.75 Å². The zero-order chi connectivity index (χ0) is 31.7. The first-order valence-electron chi connectivity index (χ1n) is 12.9. The highest BCUT2D eigenvalue weighted by Gasteiger charge is 2.31. The van der Waals surface area contributed by atoms with Crippen LogP contribution in [0.1, 0.15) is 46.6 Å². The number of hydrogen-bond acceptors (Lipinski definition) is 9. The smallest absolute Gasteiger partial charge is 0.243 e. The lowest BCUT2D eigenvalue weighted by atomic mass is 10.0. The molecule has 228 valence electrons. The average molecular weight is 580 g/mol. The molecule has 5 atom stereocenters. The van der Waals surface area contributed by atoms with Crippen molar-refractivity contribution in [3.63, 3.8) is 0 Å². The van der Waals surface area contributed by atoms with E-state index in [1.165, 1.54) is 32.9 Å². The second-order valence-corrected chi connectivity index (χ2v) is 9.48. The molecule has 0 saturated heterocycles. The first kappa shape index (κ1) is 36.7. The van der Waals surface area contributed by atoms with Crippen LogP contribution in [0.15, 0.2) is 24.3 Å². The molecule has 0 spiro atoms. The van der Waals surface area contributed by atoms with Crippen molar-refractivity contribution in [2.45, 2.75) is 77.7 Å². The van der Waals surface area contributed by atoms with Crippen molar-refractivity contribution < 1.29 is 43.8 Å². The van der Waals surface area contributed by atoms with Crippen molar-refractivity contribution in [2.75, 3.05) is 7.11 Å². The molecular formula is C27H41N5O9. The maximum absolute atomic E-state index is 13.1. The Morgan fingerprint density at radius 2 is 1.32 bits per heavy atom. The van der Waals surface area contributed by atoms with Crippen LogP contribution in [0.2, 0.25) is 0 Å². The Kier molecular flexibility index (Phi) is 16.9. The first-order chi connectivity index (χ1) is 19.3. The summed E-state index contributed by atoms with van der Waals surface area (Å²) in [5.74, 6) is -3.63. The molecule has 0 saturated carbocycles. The van der Waals surface area contributed by atoms with Crippen LogP contribution < -0.4 is 26.6 Å². The van der Waals surface area contributed by atoms with Crippen LogP contribution in [-0.4, -0.2) is 89.6 Å². The summed E-state index contributed by atoms with van der Waals surface area (Å²) in [5.41, 5.74) is 0.661. The molecule has 0 radical (unpaired) electrons. The molecule has 1 aromatic rings. The van der Waals surface area contributed by atoms with Gasteiger partial charge in [-0.25, -0.2) is 0 Å². The molecule has 1 rings (SSSR count). The van der Waals surface area contributed by atoms with E-state index in [2.05, 4.69) is 26.6 Å². The van der Waals surface area contributed by atoms with Gasteiger partial charge < -0.3 is 46.4 Å². The van der Waals surface area contributed by atoms with E-state index >= 15 is 0 Å². The van der Waals surface area contributed by atoms with E-state index in [-0.39, 0.29) is 18.6 Å². The molecule has 0 aliphatic rings. The van der Waals surface area contributed by atoms with E-state index in [9.17, 15) is 38.7 Å². The van der Waals surface area contributed by atoms with Crippen molar-refractivity contribution >= 4 is 42.1 Å². The van der Waals surface area contributed by atoms with Gasteiger partial charge in [0.25, 0.3) is 0 Å². The third-order valence-corrected chi connectivity index (χ3v) is 5.61. The highest BCUT2D eigenvalue weighted by molar-refractivity contribution is 5.96. The predicted molar refractivity (Wildman–Crippen MR) is 148 cm³/mol. The van der Waals surface area contributed by atoms with E-state index in [1.54, 1.807) is 26.0 Å². The molecular weight excluding hydrogens is 538 g/mol. The zero-order valence-electron chi connectivity index (χ0n) is 24.1. The number of aliphatic hydroxyl groups excluding tert-OH is 1. The third-order valence-electron chi connectivity index (χ3n) is 5.61. The van der Waals surface area contributed by atoms with E-state index in [1.807, 2.05) is 0 Å². The molecule has 41 heavy (non-hydrogen) atoms. The molecule has 0 heterocycles. The summed E-state index contributed by atoms with van der Waals surface area (Å²) in [6.07, 6.45) is 0.676. The number of phenolic OH excluding ortho intramolecular Hbond substituents is 1. The number of benzene rings is 1. The van der Waals surface area contributed by atoms with Gasteiger partial charge in [-0.1, -0.05) is 26.0 Å². The summed E-state index contributed by atoms with van der Waals surface area (Å²) in [6.45, 7) is 7.40. The van der Waals surface area contributed by atoms with Gasteiger partial charge in [-0.05, 0) is 37.5 Å². The SMILES string of the molecule is CC(=O)NC(Cc1ccc(O)cc1)C(=O)NC(C(=O)NC(C)C(=O)NC(CC=O)C(=O)NC(C)C=O)C(C)C.CO. The maximum atomic E-state index is 13.1. The highest BCUT2D eigenvalue weighted by atomic mass is 16.3. The fourth-order valence-corrected chi connectivity index (χ4v) is 3.46. The van der Waals surface area contributed by atoms with Gasteiger partial charge in [0.1, 0.15) is 42.5 Å². The summed E-state index contributed by atoms with van der Waals surface area (Å²) >= 11 is 0. The number of nitrogens with one attached hydrogen (secondary N) is 5. The molecule has 0 aliphatic heterocycles. The molecule has 0 aromatic heterocycles. The molecule has 14 nitrogen and oxygen atoms in total. The number of hydrogen-bond donors (Lipinski definition) is 7. The van der Waals surface area contributed by atoms with Crippen LogP contribution in [-0.2, 0) is 40.0 Å². The van der Waals surface area contributed by atoms with E-state index in [4.69, 9.17) is 5.11 Å². The number of aromatic hydroxyl groups is 1. The lowest BCUT2D eigenvalue weighted by Crippen LogP contribution is -2.59. The van der Waals surface area contributed by atoms with Gasteiger partial charge in [0.05, 0.1) is 6.04 Å². The molecule has 5 unspecified atom stereocenters. The van der Waals surface area contributed by atoms with Crippen molar-refractivity contribution in [3.05, 3.63) is 29.8 Å². The summed E-state index contributed by atoms with van der Waals surface area (Å²) < 4.78 is 0. The maximum Gasteiger partial charge on any atom is 0.243 e. The Balaban J connectivity index is 0.00000781. The Bertz CT molecular complexity index is 1050. The standard InChI is InChI=1S/C26H37N5O8.CH4O/c1-14(2)22(31-25(38)21(29-17(5)34)12-18-6-8-19(35)9-7-18)26(39)28-16(4)23(36)30-20(10-11-32)24(37)27-15(3)13-33;1-2/h6-9,11,13-16,20-22,35H,10,12H2,1-5H3,(H,27,37)(H,28,39)(H,29,34)(H,30,36)(H,31,38);2H,1H3. The Hall–Kier alpha value is -4.33. The van der Waals surface area contributed by atoms with Gasteiger partial charge in [-0.2, -0.15) is 0 Å². The highest BCUT2D eigenvalue weighted by Crippen LogP contribution is 2.12. The lowest BCUT2D eigenvalue weighted by Gasteiger charge is -2.27. The minimum atomic E-state index is -1.25. The number of amides is 5. The topological polar surface area (TPSA) is 220 Å². The van der Waals surface area contributed by atoms with E-state index in [0.29, 0.717) is 18.1 Å². The third kappa shape index (κ3) is 13.5. The molecule has 5 amide bonds. The van der Waals surface area contributed by atoms with Gasteiger partial charge in [0, 0.05) is 26.9 Å². The second-order valence-electron chi connectivity index (χ2n) is 9.48. The van der Waals surface area contributed by atoms with E-state index < -0.39 is 65.7 Å². The summed E-state index contributed by atoms with van der Waals surface area (Å²) in [4.78, 5) is 84.5. The van der Waals surface area contributed by atoms with Crippen LogP contribution in [0, 0.1) is 5.92 Å². The number of phenols is 1. The largest absolute Gasteiger partial charge is 0.508 e. The van der Waals surface area contributed by atoms with Crippen molar-refractivity contribution in [1.82, 2.24) is 26.6 Å². The molecule has 7 N–H and O–H groups in total. The van der Waals surface area contributed by atoms with Crippen LogP contribution in [0.5, 0.6) is 5.75 Å². The summed E-state index contributed by atoms with van der Waals surface area (Å²) in [5, 5.41) is 28.8. The normalized spacial score (nSPS) is 14.0. The monoisotopic (exact) mass is 579 g/mol. The van der Waals surface area contributed by atoms with Gasteiger partial charge >= 0.3 is 0 Å². The molecule has 14 heteroatoms. The van der Waals surface area contributed by atoms with Crippen molar-refractivity contribution in [2.24, 2.45) is 5.92 Å². The zero-order valence-corrected chi connectivity index (χ0v) is 24.1. The number of carbonyl (C=O) groups is 7. The van der Waals surface area contributed by atoms with Gasteiger partial charge in [0.15, 0.2) is 0 Å². The fraction of sp³-hybridized carbons (Fsp3) is 0.519. The van der Waals surface area contributed by atoms with Crippen molar-refractivity contribution in [1.29, 1.82) is 0 Å². The number of rotatable bonds is 15. The minimum Gasteiger partial charge on any atom is -0.508 e. The first-order valence-corrected chi connectivity index (χ1v) is 12.9. The predicted octanol–water partition coefficient (Wildman–Crippen LogP) is -1.53. The second kappa shape index (κ2) is 18.9. The van der Waals surface area contributed by atoms with Gasteiger partial charge in [0.2, 0.25) is 29.5 Å². The van der Waals surface area contributed by atoms with Crippen LogP contribution in [0.3, 0.4) is 0 Å². The summed E-state index contributed by atoms with van der Waals surface area (Å²) in [6, 6.07) is 0.766. The minimum absolute atomic E-state index is 0.0441. The number of carbonyl (C=O) groups excluding carboxylic acids is 7. The quantitative estimate of drug-likeness (QED) is 0.120.